The first kappa shape index (κ1) is 24.8. The number of amides is 2. The molecule has 3 aromatic rings. The van der Waals surface area contributed by atoms with Crippen molar-refractivity contribution in [3.63, 3.8) is 0 Å². The molecule has 0 bridgehead atoms. The number of hydrogen-bond acceptors (Lipinski definition) is 6. The molecule has 2 aliphatic heterocycles. The first-order valence-corrected chi connectivity index (χ1v) is 12.1. The number of methoxy groups -OCH3 is 2. The van der Waals surface area contributed by atoms with Gasteiger partial charge in [-0.05, 0) is 42.0 Å². The molecule has 0 spiro atoms. The summed E-state index contributed by atoms with van der Waals surface area (Å²) < 4.78 is 10.8. The molecule has 188 valence electrons. The largest absolute Gasteiger partial charge is 0.493 e. The molecule has 3 aromatic carbocycles. The van der Waals surface area contributed by atoms with E-state index >= 15 is 0 Å². The van der Waals surface area contributed by atoms with E-state index in [9.17, 15) is 14.4 Å². The molecular weight excluding hydrogens is 517 g/mol. The van der Waals surface area contributed by atoms with Crippen molar-refractivity contribution in [2.75, 3.05) is 25.7 Å². The lowest BCUT2D eigenvalue weighted by molar-refractivity contribution is -0.132. The van der Waals surface area contributed by atoms with E-state index in [0.29, 0.717) is 44.9 Å². The lowest BCUT2D eigenvalue weighted by Crippen LogP contribution is -2.40. The van der Waals surface area contributed by atoms with Gasteiger partial charge in [-0.2, -0.15) is 5.10 Å². The fraction of sp³-hybridized carbons (Fsp3) is 0.185. The van der Waals surface area contributed by atoms with Gasteiger partial charge in [0.15, 0.2) is 11.5 Å². The zero-order valence-electron chi connectivity index (χ0n) is 19.9. The SMILES string of the molecule is COc1ccc(C2CC(c3ccccc3Cl)=NN2C(=O)CN2C(=O)C(=O)c3cc(Cl)ccc32)cc1OC. The molecule has 0 aromatic heterocycles. The van der Waals surface area contributed by atoms with Crippen molar-refractivity contribution in [1.82, 2.24) is 5.01 Å². The molecule has 0 aliphatic carbocycles. The Labute approximate surface area is 223 Å². The van der Waals surface area contributed by atoms with Crippen LogP contribution in [0.2, 0.25) is 10.0 Å². The molecule has 37 heavy (non-hydrogen) atoms. The van der Waals surface area contributed by atoms with Crippen molar-refractivity contribution in [1.29, 1.82) is 0 Å². The third kappa shape index (κ3) is 4.43. The van der Waals surface area contributed by atoms with E-state index in [1.54, 1.807) is 37.4 Å². The van der Waals surface area contributed by atoms with Gasteiger partial charge >= 0.3 is 0 Å². The summed E-state index contributed by atoms with van der Waals surface area (Å²) in [5.74, 6) is -0.910. The molecule has 0 saturated carbocycles. The normalized spacial score (nSPS) is 16.6. The van der Waals surface area contributed by atoms with Gasteiger partial charge in [0.25, 0.3) is 17.6 Å². The number of anilines is 1. The van der Waals surface area contributed by atoms with Crippen LogP contribution in [-0.2, 0) is 9.59 Å². The van der Waals surface area contributed by atoms with Crippen LogP contribution in [0.3, 0.4) is 0 Å². The first-order valence-electron chi connectivity index (χ1n) is 11.3. The highest BCUT2D eigenvalue weighted by atomic mass is 35.5. The molecular formula is C27H21Cl2N3O5. The number of ether oxygens (including phenoxy) is 2. The van der Waals surface area contributed by atoms with Gasteiger partial charge in [0, 0.05) is 22.0 Å². The van der Waals surface area contributed by atoms with Gasteiger partial charge < -0.3 is 9.47 Å². The van der Waals surface area contributed by atoms with Crippen molar-refractivity contribution in [2.45, 2.75) is 12.5 Å². The number of nitrogens with zero attached hydrogens (tertiary/aromatic N) is 3. The highest BCUT2D eigenvalue weighted by Gasteiger charge is 2.40. The number of rotatable bonds is 6. The lowest BCUT2D eigenvalue weighted by Gasteiger charge is -2.25. The number of hydrazone groups is 1. The van der Waals surface area contributed by atoms with Crippen LogP contribution < -0.4 is 14.4 Å². The smallest absolute Gasteiger partial charge is 0.299 e. The summed E-state index contributed by atoms with van der Waals surface area (Å²) in [4.78, 5) is 40.1. The standard InChI is InChI=1S/C27H21Cl2N3O5/c1-36-23-10-7-15(11-24(23)37-2)22-13-20(17-5-3-4-6-19(17)29)30-32(22)25(33)14-31-21-9-8-16(28)12-18(21)26(34)27(31)35/h3-12,22H,13-14H2,1-2H3. The van der Waals surface area contributed by atoms with Gasteiger partial charge in [0.05, 0.1) is 37.2 Å². The molecule has 0 radical (unpaired) electrons. The molecule has 10 heteroatoms. The third-order valence-electron chi connectivity index (χ3n) is 6.37. The molecule has 2 amide bonds. The number of carbonyl (C=O) groups is 3. The number of halogens is 2. The monoisotopic (exact) mass is 537 g/mol. The number of hydrogen-bond donors (Lipinski definition) is 0. The van der Waals surface area contributed by atoms with Crippen LogP contribution in [-0.4, -0.2) is 49.1 Å². The lowest BCUT2D eigenvalue weighted by atomic mass is 9.98. The van der Waals surface area contributed by atoms with Crippen molar-refractivity contribution < 1.29 is 23.9 Å². The second kappa shape index (κ2) is 9.88. The number of fused-ring (bicyclic) bond motifs is 1. The molecule has 1 atom stereocenters. The quantitative estimate of drug-likeness (QED) is 0.416. The van der Waals surface area contributed by atoms with Gasteiger partial charge in [0.1, 0.15) is 6.54 Å². The van der Waals surface area contributed by atoms with Gasteiger partial charge in [0.2, 0.25) is 0 Å². The van der Waals surface area contributed by atoms with Crippen LogP contribution >= 0.6 is 23.2 Å². The molecule has 2 aliphatic rings. The Bertz CT molecular complexity index is 1470. The van der Waals surface area contributed by atoms with E-state index in [4.69, 9.17) is 32.7 Å². The minimum Gasteiger partial charge on any atom is -0.493 e. The molecule has 2 heterocycles. The van der Waals surface area contributed by atoms with Crippen molar-refractivity contribution in [3.05, 3.63) is 87.4 Å². The fourth-order valence-corrected chi connectivity index (χ4v) is 4.97. The Morgan fingerprint density at radius 3 is 2.46 bits per heavy atom. The molecule has 0 fully saturated rings. The summed E-state index contributed by atoms with van der Waals surface area (Å²) in [5.41, 5.74) is 2.59. The van der Waals surface area contributed by atoms with E-state index < -0.39 is 23.6 Å². The summed E-state index contributed by atoms with van der Waals surface area (Å²) in [7, 11) is 3.07. The van der Waals surface area contributed by atoms with Gasteiger partial charge in [-0.3, -0.25) is 19.3 Å². The first-order chi connectivity index (χ1) is 17.8. The number of benzene rings is 3. The Morgan fingerprint density at radius 1 is 0.973 bits per heavy atom. The Balaban J connectivity index is 1.51. The molecule has 5 rings (SSSR count). The van der Waals surface area contributed by atoms with Crippen LogP contribution in [0.4, 0.5) is 5.69 Å². The maximum Gasteiger partial charge on any atom is 0.299 e. The minimum absolute atomic E-state index is 0.170. The number of carbonyl (C=O) groups excluding carboxylic acids is 3. The van der Waals surface area contributed by atoms with E-state index in [0.717, 1.165) is 10.5 Å². The highest BCUT2D eigenvalue weighted by molar-refractivity contribution is 6.53. The zero-order valence-corrected chi connectivity index (χ0v) is 21.4. The summed E-state index contributed by atoms with van der Waals surface area (Å²) in [6.45, 7) is -0.373. The van der Waals surface area contributed by atoms with Crippen LogP contribution in [0.5, 0.6) is 11.5 Å². The second-order valence-electron chi connectivity index (χ2n) is 8.48. The van der Waals surface area contributed by atoms with Crippen molar-refractivity contribution in [2.24, 2.45) is 5.10 Å². The Kier molecular flexibility index (Phi) is 6.62. The summed E-state index contributed by atoms with van der Waals surface area (Å²) >= 11 is 12.4. The number of ketones is 1. The topological polar surface area (TPSA) is 88.5 Å². The molecule has 0 saturated heterocycles. The van der Waals surface area contributed by atoms with Crippen LogP contribution in [0.1, 0.15) is 33.9 Å². The molecule has 1 unspecified atom stereocenters. The van der Waals surface area contributed by atoms with Crippen LogP contribution in [0, 0.1) is 0 Å². The summed E-state index contributed by atoms with van der Waals surface area (Å²) in [6, 6.07) is 16.7. The van der Waals surface area contributed by atoms with Crippen molar-refractivity contribution >= 4 is 52.2 Å². The van der Waals surface area contributed by atoms with E-state index in [-0.39, 0.29) is 12.1 Å². The van der Waals surface area contributed by atoms with E-state index in [1.807, 2.05) is 24.3 Å². The predicted molar refractivity (Wildman–Crippen MR) is 140 cm³/mol. The fourth-order valence-electron chi connectivity index (χ4n) is 4.56. The maximum atomic E-state index is 13.7. The van der Waals surface area contributed by atoms with Crippen LogP contribution in [0.15, 0.2) is 65.8 Å². The zero-order chi connectivity index (χ0) is 26.3. The van der Waals surface area contributed by atoms with Crippen molar-refractivity contribution in [3.8, 4) is 11.5 Å². The number of Topliss-reactive ketones (excluding diaryl/α,β-unsaturated/α-hetero) is 1. The minimum atomic E-state index is -0.789. The van der Waals surface area contributed by atoms with E-state index in [2.05, 4.69) is 5.10 Å². The molecule has 8 nitrogen and oxygen atoms in total. The van der Waals surface area contributed by atoms with Gasteiger partial charge in [-0.1, -0.05) is 47.5 Å². The highest BCUT2D eigenvalue weighted by Crippen LogP contribution is 2.39. The van der Waals surface area contributed by atoms with Gasteiger partial charge in [-0.25, -0.2) is 5.01 Å². The Hall–Kier alpha value is -3.88. The average molecular weight is 538 g/mol. The molecule has 0 N–H and O–H groups in total. The maximum absolute atomic E-state index is 13.7. The Morgan fingerprint density at radius 2 is 1.73 bits per heavy atom. The van der Waals surface area contributed by atoms with E-state index in [1.165, 1.54) is 18.2 Å². The summed E-state index contributed by atoms with van der Waals surface area (Å²) in [5, 5.41) is 6.81. The average Bonchev–Trinajstić information content (AvgIpc) is 3.44. The van der Waals surface area contributed by atoms with Crippen LogP contribution in [0.25, 0.3) is 0 Å². The third-order valence-corrected chi connectivity index (χ3v) is 6.93. The van der Waals surface area contributed by atoms with Gasteiger partial charge in [-0.15, -0.1) is 0 Å². The predicted octanol–water partition coefficient (Wildman–Crippen LogP) is 4.92. The second-order valence-corrected chi connectivity index (χ2v) is 9.32. The summed E-state index contributed by atoms with van der Waals surface area (Å²) in [6.07, 6.45) is 0.379.